The lowest BCUT2D eigenvalue weighted by Gasteiger charge is -2.07. The van der Waals surface area contributed by atoms with Gasteiger partial charge in [0, 0.05) is 11.4 Å². The van der Waals surface area contributed by atoms with Gasteiger partial charge in [0.05, 0.1) is 5.49 Å². The van der Waals surface area contributed by atoms with E-state index >= 15 is 0 Å². The Morgan fingerprint density at radius 2 is 1.62 bits per heavy atom. The molecular formula is C8H14N6S2. The Labute approximate surface area is 104 Å². The number of benzene rings is 1. The number of thiocarbonyl (C=S) groups is 2. The Balaban J connectivity index is 0.00000106. The van der Waals surface area contributed by atoms with Crippen molar-refractivity contribution in [3.05, 3.63) is 24.3 Å². The van der Waals surface area contributed by atoms with Crippen molar-refractivity contribution in [2.45, 2.75) is 0 Å². The van der Waals surface area contributed by atoms with Gasteiger partial charge in [0.25, 0.3) is 0 Å². The van der Waals surface area contributed by atoms with E-state index in [9.17, 15) is 0 Å². The Hall–Kier alpha value is -1.32. The first kappa shape index (κ1) is 14.7. The van der Waals surface area contributed by atoms with E-state index in [1.54, 1.807) is 0 Å². The van der Waals surface area contributed by atoms with Crippen LogP contribution >= 0.6 is 24.4 Å². The van der Waals surface area contributed by atoms with Crippen LogP contribution in [0.3, 0.4) is 0 Å². The lowest BCUT2D eigenvalue weighted by Crippen LogP contribution is -2.34. The first-order valence-corrected chi connectivity index (χ1v) is 5.05. The van der Waals surface area contributed by atoms with Crippen molar-refractivity contribution >= 4 is 46.4 Å². The minimum Gasteiger partial charge on any atom is -0.353 e. The summed E-state index contributed by atoms with van der Waals surface area (Å²) in [5.41, 5.74) is 5.58. The molecular weight excluding hydrogens is 244 g/mol. The van der Waals surface area contributed by atoms with Crippen molar-refractivity contribution in [1.29, 1.82) is 0 Å². The van der Waals surface area contributed by atoms with Crippen LogP contribution in [0.1, 0.15) is 0 Å². The van der Waals surface area contributed by atoms with Crippen LogP contribution in [0.15, 0.2) is 24.3 Å². The maximum absolute atomic E-state index is 5.11. The molecule has 8 heteroatoms. The van der Waals surface area contributed by atoms with Gasteiger partial charge in [-0.05, 0) is 36.5 Å². The normalized spacial score (nSPS) is 8.19. The second-order valence-corrected chi connectivity index (χ2v) is 3.08. The number of nitrogens with one attached hydrogen (secondary N) is 3. The minimum atomic E-state index is 0.376. The molecule has 0 radical (unpaired) electrons. The molecule has 0 spiro atoms. The monoisotopic (exact) mass is 258 g/mol. The molecule has 0 heterocycles. The topological polar surface area (TPSA) is 114 Å². The third kappa shape index (κ3) is 5.53. The van der Waals surface area contributed by atoms with Gasteiger partial charge in [0.2, 0.25) is 0 Å². The van der Waals surface area contributed by atoms with E-state index < -0.39 is 0 Å². The molecule has 88 valence electrons. The summed E-state index contributed by atoms with van der Waals surface area (Å²) in [5.74, 6) is 13.1. The standard InChI is InChI=1S/C8H10N4S2.H4N2/c9-12-8(14)11-7-3-1-6(2-4-7)10-5-13;1-2/h1-5H,9H2,(H,10,13)(H2,11,12,14);1-2H2. The summed E-state index contributed by atoms with van der Waals surface area (Å²) in [7, 11) is 0. The second kappa shape index (κ2) is 8.95. The van der Waals surface area contributed by atoms with Crippen molar-refractivity contribution in [2.75, 3.05) is 10.6 Å². The van der Waals surface area contributed by atoms with Crippen LogP contribution in [0.5, 0.6) is 0 Å². The summed E-state index contributed by atoms with van der Waals surface area (Å²) in [6.45, 7) is 0. The van der Waals surface area contributed by atoms with Crippen LogP contribution in [0, 0.1) is 0 Å². The molecule has 0 atom stereocenters. The summed E-state index contributed by atoms with van der Waals surface area (Å²) >= 11 is 9.49. The molecule has 1 aromatic carbocycles. The van der Waals surface area contributed by atoms with Crippen LogP contribution in [0.2, 0.25) is 0 Å². The van der Waals surface area contributed by atoms with Gasteiger partial charge < -0.3 is 16.1 Å². The molecule has 9 N–H and O–H groups in total. The van der Waals surface area contributed by atoms with Gasteiger partial charge in [0.15, 0.2) is 5.11 Å². The van der Waals surface area contributed by atoms with E-state index in [2.05, 4.69) is 40.0 Å². The van der Waals surface area contributed by atoms with E-state index in [-0.39, 0.29) is 0 Å². The molecule has 0 aliphatic rings. The number of anilines is 2. The average Bonchev–Trinajstić information content (AvgIpc) is 2.34. The number of hydrogen-bond donors (Lipinski definition) is 6. The van der Waals surface area contributed by atoms with Crippen molar-refractivity contribution in [2.24, 2.45) is 17.5 Å². The molecule has 0 aromatic heterocycles. The maximum Gasteiger partial charge on any atom is 0.185 e. The average molecular weight is 258 g/mol. The second-order valence-electron chi connectivity index (χ2n) is 2.44. The molecule has 0 fully saturated rings. The van der Waals surface area contributed by atoms with Gasteiger partial charge in [0.1, 0.15) is 0 Å². The van der Waals surface area contributed by atoms with E-state index in [0.29, 0.717) is 5.11 Å². The number of hydrazine groups is 2. The summed E-state index contributed by atoms with van der Waals surface area (Å²) in [4.78, 5) is 0. The van der Waals surface area contributed by atoms with Crippen LogP contribution < -0.4 is 33.6 Å². The Morgan fingerprint density at radius 3 is 2.06 bits per heavy atom. The highest BCUT2D eigenvalue weighted by molar-refractivity contribution is 7.80. The van der Waals surface area contributed by atoms with Crippen molar-refractivity contribution in [1.82, 2.24) is 5.43 Å². The van der Waals surface area contributed by atoms with Gasteiger partial charge in [-0.3, -0.25) is 11.7 Å². The SMILES string of the molecule is NN.NNC(=S)Nc1ccc(NC=S)cc1. The fourth-order valence-corrected chi connectivity index (χ4v) is 1.14. The van der Waals surface area contributed by atoms with E-state index in [4.69, 9.17) is 18.1 Å². The third-order valence-corrected chi connectivity index (χ3v) is 1.84. The lowest BCUT2D eigenvalue weighted by atomic mass is 10.3. The molecule has 0 saturated heterocycles. The zero-order valence-electron chi connectivity index (χ0n) is 8.44. The van der Waals surface area contributed by atoms with Crippen molar-refractivity contribution < 1.29 is 0 Å². The predicted molar refractivity (Wildman–Crippen MR) is 75.6 cm³/mol. The van der Waals surface area contributed by atoms with E-state index in [1.807, 2.05) is 24.3 Å². The molecule has 1 aromatic rings. The van der Waals surface area contributed by atoms with E-state index in [1.165, 1.54) is 5.49 Å². The number of hydrogen-bond acceptors (Lipinski definition) is 5. The summed E-state index contributed by atoms with van der Waals surface area (Å²) in [6.07, 6.45) is 0. The molecule has 0 aliphatic carbocycles. The zero-order valence-corrected chi connectivity index (χ0v) is 10.1. The van der Waals surface area contributed by atoms with Gasteiger partial charge in [-0.15, -0.1) is 0 Å². The lowest BCUT2D eigenvalue weighted by molar-refractivity contribution is 1.04. The summed E-state index contributed by atoms with van der Waals surface area (Å²) in [6, 6.07) is 7.49. The van der Waals surface area contributed by atoms with Gasteiger partial charge in [-0.1, -0.05) is 12.2 Å². The van der Waals surface area contributed by atoms with Crippen LogP contribution in [-0.4, -0.2) is 10.6 Å². The largest absolute Gasteiger partial charge is 0.353 e. The zero-order chi connectivity index (χ0) is 12.4. The number of nitrogens with two attached hydrogens (primary N) is 3. The maximum atomic E-state index is 5.11. The third-order valence-electron chi connectivity index (χ3n) is 1.50. The van der Waals surface area contributed by atoms with E-state index in [0.717, 1.165) is 11.4 Å². The fraction of sp³-hybridized carbons (Fsp3) is 0. The van der Waals surface area contributed by atoms with Crippen molar-refractivity contribution in [3.8, 4) is 0 Å². The first-order chi connectivity index (χ1) is 7.76. The number of rotatable bonds is 3. The fourth-order valence-electron chi connectivity index (χ4n) is 0.885. The van der Waals surface area contributed by atoms with Gasteiger partial charge in [-0.25, -0.2) is 5.84 Å². The van der Waals surface area contributed by atoms with Gasteiger partial charge in [-0.2, -0.15) is 0 Å². The minimum absolute atomic E-state index is 0.376. The Bertz CT molecular complexity index is 326. The summed E-state index contributed by atoms with van der Waals surface area (Å²) < 4.78 is 0. The predicted octanol–water partition coefficient (Wildman–Crippen LogP) is 0.0346. The molecule has 0 saturated carbocycles. The Morgan fingerprint density at radius 1 is 1.12 bits per heavy atom. The smallest absolute Gasteiger partial charge is 0.185 e. The molecule has 0 aliphatic heterocycles. The molecule has 0 unspecified atom stereocenters. The van der Waals surface area contributed by atoms with Crippen LogP contribution in [-0.2, 0) is 0 Å². The molecule has 16 heavy (non-hydrogen) atoms. The highest BCUT2D eigenvalue weighted by atomic mass is 32.1. The van der Waals surface area contributed by atoms with Crippen LogP contribution in [0.4, 0.5) is 11.4 Å². The molecule has 0 amide bonds. The Kier molecular flexibility index (Phi) is 8.21. The first-order valence-electron chi connectivity index (χ1n) is 4.17. The quantitative estimate of drug-likeness (QED) is 0.256. The van der Waals surface area contributed by atoms with Crippen molar-refractivity contribution in [3.63, 3.8) is 0 Å². The highest BCUT2D eigenvalue weighted by Gasteiger charge is 1.94. The summed E-state index contributed by atoms with van der Waals surface area (Å²) in [5, 5.41) is 6.16. The molecule has 1 rings (SSSR count). The van der Waals surface area contributed by atoms with Gasteiger partial charge >= 0.3 is 0 Å². The van der Waals surface area contributed by atoms with Crippen LogP contribution in [0.25, 0.3) is 0 Å². The molecule has 0 bridgehead atoms. The molecule has 6 nitrogen and oxygen atoms in total. The highest BCUT2D eigenvalue weighted by Crippen LogP contribution is 2.12.